The predicted molar refractivity (Wildman–Crippen MR) is 123 cm³/mol. The molecule has 0 radical (unpaired) electrons. The molecule has 0 fully saturated rings. The Balaban J connectivity index is 1.63. The Labute approximate surface area is 189 Å². The van der Waals surface area contributed by atoms with Gasteiger partial charge in [0.1, 0.15) is 5.75 Å². The van der Waals surface area contributed by atoms with E-state index in [4.69, 9.17) is 27.9 Å². The Hall–Kier alpha value is -2.47. The highest BCUT2D eigenvalue weighted by atomic mass is 35.5. The van der Waals surface area contributed by atoms with Gasteiger partial charge in [-0.15, -0.1) is 10.2 Å². The molecule has 3 aromatic carbocycles. The van der Waals surface area contributed by atoms with Gasteiger partial charge in [-0.1, -0.05) is 77.4 Å². The summed E-state index contributed by atoms with van der Waals surface area (Å²) in [4.78, 5) is 0. The maximum atomic E-state index is 6.27. The number of ether oxygens (including phenoxy) is 1. The van der Waals surface area contributed by atoms with Crippen molar-refractivity contribution in [1.82, 2.24) is 14.8 Å². The van der Waals surface area contributed by atoms with Crippen LogP contribution in [0.25, 0.3) is 5.69 Å². The minimum atomic E-state index is -0.345. The van der Waals surface area contributed by atoms with Crippen molar-refractivity contribution in [3.63, 3.8) is 0 Å². The van der Waals surface area contributed by atoms with Crippen LogP contribution in [0.2, 0.25) is 10.0 Å². The summed E-state index contributed by atoms with van der Waals surface area (Å²) in [6, 6.07) is 25.3. The van der Waals surface area contributed by atoms with E-state index in [0.717, 1.165) is 27.2 Å². The quantitative estimate of drug-likeness (QED) is 0.281. The monoisotopic (exact) mass is 455 g/mol. The average molecular weight is 456 g/mol. The standard InChI is InChI=1S/C23H19Cl2N3OS/c1-16(29-21-10-6-5-9-20(21)25)22-26-27-23(28(22)19-7-3-2-4-8-19)30-15-17-11-13-18(24)14-12-17/h2-14,16H,15H2,1H3. The number of hydrogen-bond donors (Lipinski definition) is 0. The number of nitrogens with zero attached hydrogens (tertiary/aromatic N) is 3. The molecular weight excluding hydrogens is 437 g/mol. The van der Waals surface area contributed by atoms with Gasteiger partial charge in [0.15, 0.2) is 17.1 Å². The van der Waals surface area contributed by atoms with Crippen LogP contribution in [0, 0.1) is 0 Å². The Kier molecular flexibility index (Phi) is 6.62. The fourth-order valence-corrected chi connectivity index (χ4v) is 4.19. The molecule has 1 atom stereocenters. The molecule has 0 aliphatic rings. The largest absolute Gasteiger partial charge is 0.481 e. The van der Waals surface area contributed by atoms with E-state index >= 15 is 0 Å². The van der Waals surface area contributed by atoms with Gasteiger partial charge in [-0.25, -0.2) is 0 Å². The van der Waals surface area contributed by atoms with Gasteiger partial charge < -0.3 is 4.74 Å². The molecule has 0 aliphatic carbocycles. The molecule has 4 aromatic rings. The Bertz CT molecular complexity index is 1120. The van der Waals surface area contributed by atoms with Gasteiger partial charge in [-0.3, -0.25) is 4.57 Å². The third kappa shape index (κ3) is 4.81. The maximum absolute atomic E-state index is 6.27. The predicted octanol–water partition coefficient (Wildman–Crippen LogP) is 7.01. The average Bonchev–Trinajstić information content (AvgIpc) is 3.20. The molecule has 0 spiro atoms. The van der Waals surface area contributed by atoms with E-state index in [1.807, 2.05) is 84.3 Å². The summed E-state index contributed by atoms with van der Waals surface area (Å²) in [5.74, 6) is 2.08. The minimum absolute atomic E-state index is 0.345. The van der Waals surface area contributed by atoms with Gasteiger partial charge >= 0.3 is 0 Å². The molecule has 0 bridgehead atoms. The van der Waals surface area contributed by atoms with Crippen molar-refractivity contribution in [2.45, 2.75) is 23.9 Å². The van der Waals surface area contributed by atoms with Crippen molar-refractivity contribution in [3.05, 3.63) is 100 Å². The normalized spacial score (nSPS) is 12.0. The second-order valence-electron chi connectivity index (χ2n) is 6.62. The first kappa shape index (κ1) is 20.8. The van der Waals surface area contributed by atoms with Crippen molar-refractivity contribution in [3.8, 4) is 11.4 Å². The van der Waals surface area contributed by atoms with Crippen LogP contribution < -0.4 is 4.74 Å². The highest BCUT2D eigenvalue weighted by molar-refractivity contribution is 7.98. The number of para-hydroxylation sites is 2. The van der Waals surface area contributed by atoms with Crippen molar-refractivity contribution in [2.24, 2.45) is 0 Å². The molecule has 152 valence electrons. The molecule has 0 aliphatic heterocycles. The SMILES string of the molecule is CC(Oc1ccccc1Cl)c1nnc(SCc2ccc(Cl)cc2)n1-c1ccccc1. The third-order valence-corrected chi connectivity index (χ3v) is 6.02. The van der Waals surface area contributed by atoms with Crippen LogP contribution in [0.5, 0.6) is 5.75 Å². The van der Waals surface area contributed by atoms with Crippen LogP contribution in [-0.2, 0) is 5.75 Å². The van der Waals surface area contributed by atoms with Crippen molar-refractivity contribution in [1.29, 1.82) is 0 Å². The maximum Gasteiger partial charge on any atom is 0.196 e. The number of halogens is 2. The fraction of sp³-hybridized carbons (Fsp3) is 0.130. The molecule has 7 heteroatoms. The molecule has 4 rings (SSSR count). The lowest BCUT2D eigenvalue weighted by molar-refractivity contribution is 0.213. The number of aromatic nitrogens is 3. The molecular formula is C23H19Cl2N3OS. The lowest BCUT2D eigenvalue weighted by atomic mass is 10.2. The van der Waals surface area contributed by atoms with Crippen LogP contribution in [0.1, 0.15) is 24.4 Å². The molecule has 1 aromatic heterocycles. The Morgan fingerprint density at radius 2 is 1.60 bits per heavy atom. The summed E-state index contributed by atoms with van der Waals surface area (Å²) in [5.41, 5.74) is 2.14. The van der Waals surface area contributed by atoms with Gasteiger partial charge in [-0.05, 0) is 48.9 Å². The van der Waals surface area contributed by atoms with Crippen LogP contribution in [0.3, 0.4) is 0 Å². The highest BCUT2D eigenvalue weighted by Gasteiger charge is 2.21. The lowest BCUT2D eigenvalue weighted by Gasteiger charge is -2.17. The molecule has 0 amide bonds. The van der Waals surface area contributed by atoms with E-state index < -0.39 is 0 Å². The van der Waals surface area contributed by atoms with Crippen LogP contribution in [0.15, 0.2) is 84.0 Å². The number of hydrogen-bond acceptors (Lipinski definition) is 4. The Morgan fingerprint density at radius 1 is 0.900 bits per heavy atom. The fourth-order valence-electron chi connectivity index (χ4n) is 2.97. The minimum Gasteiger partial charge on any atom is -0.481 e. The second-order valence-corrected chi connectivity index (χ2v) is 8.40. The highest BCUT2D eigenvalue weighted by Crippen LogP contribution is 2.32. The van der Waals surface area contributed by atoms with Crippen LogP contribution in [-0.4, -0.2) is 14.8 Å². The number of rotatable bonds is 7. The zero-order valence-corrected chi connectivity index (χ0v) is 18.5. The van der Waals surface area contributed by atoms with Crippen LogP contribution >= 0.6 is 35.0 Å². The van der Waals surface area contributed by atoms with Crippen LogP contribution in [0.4, 0.5) is 0 Å². The molecule has 0 saturated carbocycles. The summed E-state index contributed by atoms with van der Waals surface area (Å²) >= 11 is 13.9. The zero-order valence-electron chi connectivity index (χ0n) is 16.2. The van der Waals surface area contributed by atoms with E-state index in [1.54, 1.807) is 17.8 Å². The third-order valence-electron chi connectivity index (χ3n) is 4.46. The van der Waals surface area contributed by atoms with E-state index in [-0.39, 0.29) is 6.10 Å². The first-order chi connectivity index (χ1) is 14.6. The van der Waals surface area contributed by atoms with Crippen molar-refractivity contribution < 1.29 is 4.74 Å². The molecule has 1 heterocycles. The van der Waals surface area contributed by atoms with Crippen molar-refractivity contribution >= 4 is 35.0 Å². The summed E-state index contributed by atoms with van der Waals surface area (Å²) in [6.07, 6.45) is -0.345. The van der Waals surface area contributed by atoms with Gasteiger partial charge in [-0.2, -0.15) is 0 Å². The number of benzene rings is 3. The smallest absolute Gasteiger partial charge is 0.196 e. The molecule has 0 N–H and O–H groups in total. The van der Waals surface area contributed by atoms with E-state index in [9.17, 15) is 0 Å². The lowest BCUT2D eigenvalue weighted by Crippen LogP contribution is -2.11. The molecule has 1 unspecified atom stereocenters. The molecule has 0 saturated heterocycles. The second kappa shape index (κ2) is 9.56. The summed E-state index contributed by atoms with van der Waals surface area (Å²) in [6.45, 7) is 1.94. The summed E-state index contributed by atoms with van der Waals surface area (Å²) in [7, 11) is 0. The molecule has 30 heavy (non-hydrogen) atoms. The van der Waals surface area contributed by atoms with E-state index in [0.29, 0.717) is 16.6 Å². The zero-order chi connectivity index (χ0) is 20.9. The van der Waals surface area contributed by atoms with Gasteiger partial charge in [0, 0.05) is 16.5 Å². The van der Waals surface area contributed by atoms with Crippen molar-refractivity contribution in [2.75, 3.05) is 0 Å². The number of thioether (sulfide) groups is 1. The van der Waals surface area contributed by atoms with Gasteiger partial charge in [0.2, 0.25) is 0 Å². The first-order valence-corrected chi connectivity index (χ1v) is 11.1. The molecule has 4 nitrogen and oxygen atoms in total. The first-order valence-electron chi connectivity index (χ1n) is 9.41. The Morgan fingerprint density at radius 3 is 2.33 bits per heavy atom. The van der Waals surface area contributed by atoms with Gasteiger partial charge in [0.25, 0.3) is 0 Å². The summed E-state index contributed by atoms with van der Waals surface area (Å²) < 4.78 is 8.13. The van der Waals surface area contributed by atoms with E-state index in [1.165, 1.54) is 0 Å². The summed E-state index contributed by atoms with van der Waals surface area (Å²) in [5, 5.41) is 11.0. The van der Waals surface area contributed by atoms with E-state index in [2.05, 4.69) is 10.2 Å². The van der Waals surface area contributed by atoms with Gasteiger partial charge in [0.05, 0.1) is 5.02 Å². The topological polar surface area (TPSA) is 39.9 Å².